The summed E-state index contributed by atoms with van der Waals surface area (Å²) in [7, 11) is -2.05. The largest absolute Gasteiger partial charge is 0.460 e. The number of carbonyl (C=O) groups excluding carboxylic acids is 3. The molecule has 1 fully saturated rings. The number of carbonyl (C=O) groups is 3. The summed E-state index contributed by atoms with van der Waals surface area (Å²) in [5.74, 6) is -1.52. The van der Waals surface area contributed by atoms with Crippen LogP contribution in [0.2, 0.25) is 18.1 Å². The summed E-state index contributed by atoms with van der Waals surface area (Å²) in [6.07, 6.45) is 1.02. The number of hydrogen-bond acceptors (Lipinski definition) is 7. The molecule has 1 rings (SSSR count). The minimum atomic E-state index is -2.05. The smallest absolute Gasteiger partial charge is 0.325 e. The molecule has 1 heterocycles. The monoisotopic (exact) mass is 532 g/mol. The number of hydrazine groups is 1. The van der Waals surface area contributed by atoms with Crippen molar-refractivity contribution in [1.82, 2.24) is 15.8 Å². The average molecular weight is 534 g/mol. The number of nitrogens with two attached hydrogens (primary N) is 1. The summed E-state index contributed by atoms with van der Waals surface area (Å²) >= 11 is 16.8. The Kier molecular flexibility index (Phi) is 10.7. The zero-order valence-corrected chi connectivity index (χ0v) is 22.7. The second-order valence-corrected chi connectivity index (χ2v) is 16.8. The van der Waals surface area contributed by atoms with Crippen molar-refractivity contribution >= 4 is 60.9 Å². The molecule has 0 aromatic carbocycles. The Morgan fingerprint density at radius 2 is 1.84 bits per heavy atom. The van der Waals surface area contributed by atoms with Crippen molar-refractivity contribution < 1.29 is 23.5 Å². The molecule has 2 amide bonds. The summed E-state index contributed by atoms with van der Waals surface area (Å²) in [5, 5.41) is 3.89. The minimum Gasteiger partial charge on any atom is -0.460 e. The molecule has 1 aliphatic rings. The standard InChI is InChI=1S/C19H35Cl3N4O5Si/c1-12(24-15(27)13(23)10-31-32(5,6)18(2,3)4)16(28)26-9-7-8-14(25-26)17(29)30-11-19(20,21)22/h12-14,25H,7-11,23H2,1-6H3,(H,24,27)/t12-,13-,14-/m0/s1. The van der Waals surface area contributed by atoms with Gasteiger partial charge in [-0.2, -0.15) is 0 Å². The molecule has 1 saturated heterocycles. The lowest BCUT2D eigenvalue weighted by Crippen LogP contribution is -2.60. The molecule has 32 heavy (non-hydrogen) atoms. The molecule has 0 aliphatic carbocycles. The fourth-order valence-electron chi connectivity index (χ4n) is 2.57. The Labute approximate surface area is 206 Å². The molecule has 0 aromatic rings. The second kappa shape index (κ2) is 11.7. The summed E-state index contributed by atoms with van der Waals surface area (Å²) in [6.45, 7) is 12.0. The maximum absolute atomic E-state index is 12.8. The van der Waals surface area contributed by atoms with Crippen LogP contribution in [0.15, 0.2) is 0 Å². The van der Waals surface area contributed by atoms with E-state index in [9.17, 15) is 14.4 Å². The van der Waals surface area contributed by atoms with Crippen molar-refractivity contribution in [2.75, 3.05) is 19.8 Å². The first-order chi connectivity index (χ1) is 14.4. The average Bonchev–Trinajstić information content (AvgIpc) is 2.68. The fraction of sp³-hybridized carbons (Fsp3) is 0.842. The van der Waals surface area contributed by atoms with Gasteiger partial charge in [-0.05, 0) is 37.9 Å². The van der Waals surface area contributed by atoms with Crippen molar-refractivity contribution in [1.29, 1.82) is 0 Å². The highest BCUT2D eigenvalue weighted by molar-refractivity contribution is 6.74. The Morgan fingerprint density at radius 1 is 1.25 bits per heavy atom. The van der Waals surface area contributed by atoms with E-state index in [1.54, 1.807) is 6.92 Å². The van der Waals surface area contributed by atoms with E-state index in [1.165, 1.54) is 5.01 Å². The Morgan fingerprint density at radius 3 is 2.38 bits per heavy atom. The van der Waals surface area contributed by atoms with E-state index in [0.29, 0.717) is 19.4 Å². The molecule has 0 bridgehead atoms. The van der Waals surface area contributed by atoms with Crippen molar-refractivity contribution in [3.63, 3.8) is 0 Å². The number of rotatable bonds is 8. The van der Waals surface area contributed by atoms with Crippen molar-refractivity contribution in [3.05, 3.63) is 0 Å². The number of alkyl halides is 3. The number of hydrogen-bond donors (Lipinski definition) is 3. The first kappa shape index (κ1) is 29.4. The third-order valence-electron chi connectivity index (χ3n) is 5.61. The molecular formula is C19H35Cl3N4O5Si. The van der Waals surface area contributed by atoms with E-state index in [0.717, 1.165) is 0 Å². The zero-order chi connectivity index (χ0) is 24.9. The number of ether oxygens (including phenoxy) is 1. The topological polar surface area (TPSA) is 123 Å². The number of halogens is 3. The predicted molar refractivity (Wildman–Crippen MR) is 128 cm³/mol. The van der Waals surface area contributed by atoms with Crippen LogP contribution in [0, 0.1) is 0 Å². The van der Waals surface area contributed by atoms with E-state index in [1.807, 2.05) is 0 Å². The molecule has 9 nitrogen and oxygen atoms in total. The predicted octanol–water partition coefficient (Wildman–Crippen LogP) is 2.25. The van der Waals surface area contributed by atoms with Gasteiger partial charge >= 0.3 is 5.97 Å². The van der Waals surface area contributed by atoms with Crippen LogP contribution in [0.25, 0.3) is 0 Å². The van der Waals surface area contributed by atoms with Crippen LogP contribution in [0.1, 0.15) is 40.5 Å². The normalized spacial score (nSPS) is 19.8. The molecule has 1 aliphatic heterocycles. The molecule has 0 spiro atoms. The lowest BCUT2D eigenvalue weighted by molar-refractivity contribution is -0.152. The van der Waals surface area contributed by atoms with E-state index in [-0.39, 0.29) is 11.6 Å². The zero-order valence-electron chi connectivity index (χ0n) is 19.5. The van der Waals surface area contributed by atoms with Crippen molar-refractivity contribution in [3.8, 4) is 0 Å². The molecule has 0 saturated carbocycles. The van der Waals surface area contributed by atoms with Crippen LogP contribution in [-0.2, 0) is 23.5 Å². The maximum Gasteiger partial charge on any atom is 0.325 e. The van der Waals surface area contributed by atoms with Gasteiger partial charge in [0.25, 0.3) is 5.91 Å². The third-order valence-corrected chi connectivity index (χ3v) is 10.4. The van der Waals surface area contributed by atoms with Crippen molar-refractivity contribution in [2.24, 2.45) is 5.73 Å². The van der Waals surface area contributed by atoms with E-state index >= 15 is 0 Å². The van der Waals surface area contributed by atoms with Gasteiger partial charge in [-0.15, -0.1) is 0 Å². The SMILES string of the molecule is C[C@H](NC(=O)[C@@H](N)CO[Si](C)(C)C(C)(C)C)C(=O)N1CCC[C@@H](C(=O)OCC(Cl)(Cl)Cl)N1. The van der Waals surface area contributed by atoms with Gasteiger partial charge in [-0.25, -0.2) is 5.43 Å². The quantitative estimate of drug-likeness (QED) is 0.248. The number of nitrogens with zero attached hydrogens (tertiary/aromatic N) is 1. The van der Waals surface area contributed by atoms with E-state index < -0.39 is 54.6 Å². The number of nitrogens with one attached hydrogen (secondary N) is 2. The van der Waals surface area contributed by atoms with Crippen LogP contribution in [0.3, 0.4) is 0 Å². The molecule has 13 heteroatoms. The molecule has 0 unspecified atom stereocenters. The van der Waals surface area contributed by atoms with E-state index in [2.05, 4.69) is 44.6 Å². The second-order valence-electron chi connectivity index (χ2n) is 9.44. The van der Waals surface area contributed by atoms with Gasteiger partial charge in [-0.1, -0.05) is 55.6 Å². The fourth-order valence-corrected chi connectivity index (χ4v) is 3.77. The molecule has 186 valence electrons. The Hall–Kier alpha value is -0.623. The molecular weight excluding hydrogens is 499 g/mol. The highest BCUT2D eigenvalue weighted by Crippen LogP contribution is 2.36. The maximum atomic E-state index is 12.8. The van der Waals surface area contributed by atoms with Gasteiger partial charge in [0.1, 0.15) is 24.7 Å². The van der Waals surface area contributed by atoms with Gasteiger partial charge in [-0.3, -0.25) is 19.4 Å². The Bertz CT molecular complexity index is 685. The highest BCUT2D eigenvalue weighted by Gasteiger charge is 2.38. The molecule has 0 aromatic heterocycles. The molecule has 3 atom stereocenters. The van der Waals surface area contributed by atoms with Crippen LogP contribution in [0.4, 0.5) is 0 Å². The van der Waals surface area contributed by atoms with Crippen LogP contribution in [0.5, 0.6) is 0 Å². The van der Waals surface area contributed by atoms with E-state index in [4.69, 9.17) is 49.7 Å². The minimum absolute atomic E-state index is 0.0110. The third kappa shape index (κ3) is 9.32. The van der Waals surface area contributed by atoms with Gasteiger partial charge < -0.3 is 20.2 Å². The lowest BCUT2D eigenvalue weighted by atomic mass is 10.1. The van der Waals surface area contributed by atoms with Crippen LogP contribution < -0.4 is 16.5 Å². The summed E-state index contributed by atoms with van der Waals surface area (Å²) < 4.78 is 9.25. The molecule has 4 N–H and O–H groups in total. The van der Waals surface area contributed by atoms with Gasteiger partial charge in [0, 0.05) is 6.54 Å². The van der Waals surface area contributed by atoms with Crippen LogP contribution in [-0.4, -0.2) is 72.8 Å². The summed E-state index contributed by atoms with van der Waals surface area (Å²) in [5.41, 5.74) is 8.79. The first-order valence-corrected chi connectivity index (χ1v) is 14.5. The highest BCUT2D eigenvalue weighted by atomic mass is 35.6. The lowest BCUT2D eigenvalue weighted by Gasteiger charge is -2.37. The van der Waals surface area contributed by atoms with Crippen LogP contribution >= 0.6 is 34.8 Å². The van der Waals surface area contributed by atoms with Gasteiger partial charge in [0.15, 0.2) is 8.32 Å². The Balaban J connectivity index is 2.58. The first-order valence-electron chi connectivity index (χ1n) is 10.5. The number of esters is 1. The van der Waals surface area contributed by atoms with Gasteiger partial charge in [0.2, 0.25) is 9.70 Å². The molecule has 0 radical (unpaired) electrons. The summed E-state index contributed by atoms with van der Waals surface area (Å²) in [6, 6.07) is -2.52. The van der Waals surface area contributed by atoms with Crippen molar-refractivity contribution in [2.45, 2.75) is 80.6 Å². The van der Waals surface area contributed by atoms with Gasteiger partial charge in [0.05, 0.1) is 6.61 Å². The summed E-state index contributed by atoms with van der Waals surface area (Å²) in [4.78, 5) is 37.4. The number of amides is 2.